The summed E-state index contributed by atoms with van der Waals surface area (Å²) in [4.78, 5) is 27.5. The molecule has 0 rings (SSSR count). The van der Waals surface area contributed by atoms with E-state index < -0.39 is 0 Å². The Kier molecular flexibility index (Phi) is 8.42. The fourth-order valence-corrected chi connectivity index (χ4v) is 2.08. The van der Waals surface area contributed by atoms with Crippen molar-refractivity contribution in [1.29, 1.82) is 0 Å². The molecule has 0 aliphatic heterocycles. The Bertz CT molecular complexity index is 233. The third-order valence-corrected chi connectivity index (χ3v) is 3.28. The molecule has 0 aromatic carbocycles. The largest absolute Gasteiger partial charge is 0.343 e. The lowest BCUT2D eigenvalue weighted by Gasteiger charge is -2.23. The van der Waals surface area contributed by atoms with Crippen LogP contribution in [0.5, 0.6) is 0 Å². The van der Waals surface area contributed by atoms with Gasteiger partial charge >= 0.3 is 0 Å². The molecule has 4 nitrogen and oxygen atoms in total. The van der Waals surface area contributed by atoms with Gasteiger partial charge in [-0.1, -0.05) is 6.92 Å². The van der Waals surface area contributed by atoms with Crippen LogP contribution in [-0.4, -0.2) is 47.8 Å². The smallest absolute Gasteiger partial charge is 0.222 e. The van der Waals surface area contributed by atoms with E-state index in [0.717, 1.165) is 26.2 Å². The highest BCUT2D eigenvalue weighted by atomic mass is 16.2. The third-order valence-electron chi connectivity index (χ3n) is 3.28. The van der Waals surface area contributed by atoms with E-state index in [2.05, 4.69) is 0 Å². The molecule has 0 saturated carbocycles. The van der Waals surface area contributed by atoms with Crippen LogP contribution in [0.25, 0.3) is 0 Å². The van der Waals surface area contributed by atoms with Crippen molar-refractivity contribution in [1.82, 2.24) is 9.80 Å². The molecule has 0 atom stereocenters. The van der Waals surface area contributed by atoms with Crippen LogP contribution in [0, 0.1) is 5.92 Å². The Labute approximate surface area is 111 Å². The number of amides is 2. The monoisotopic (exact) mass is 256 g/mol. The van der Waals surface area contributed by atoms with Gasteiger partial charge in [0.05, 0.1) is 0 Å². The normalized spacial score (nSPS) is 10.6. The fraction of sp³-hybridized carbons (Fsp3) is 0.857. The summed E-state index contributed by atoms with van der Waals surface area (Å²) >= 11 is 0. The lowest BCUT2D eigenvalue weighted by atomic mass is 10.0. The maximum absolute atomic E-state index is 11.9. The SMILES string of the molecule is CCN(CC)C(=O)CC(C)CC(=O)N(CC)CC. The van der Waals surface area contributed by atoms with Crippen molar-refractivity contribution in [3.05, 3.63) is 0 Å². The highest BCUT2D eigenvalue weighted by Gasteiger charge is 2.18. The molecule has 0 aliphatic carbocycles. The summed E-state index contributed by atoms with van der Waals surface area (Å²) in [5.74, 6) is 0.422. The molecule has 18 heavy (non-hydrogen) atoms. The first-order valence-electron chi connectivity index (χ1n) is 7.05. The number of carbonyl (C=O) groups excluding carboxylic acids is 2. The molecule has 0 N–H and O–H groups in total. The third kappa shape index (κ3) is 5.52. The van der Waals surface area contributed by atoms with Gasteiger partial charge in [0.15, 0.2) is 0 Å². The van der Waals surface area contributed by atoms with Gasteiger partial charge in [-0.2, -0.15) is 0 Å². The zero-order valence-corrected chi connectivity index (χ0v) is 12.5. The van der Waals surface area contributed by atoms with Crippen molar-refractivity contribution in [2.24, 2.45) is 5.92 Å². The van der Waals surface area contributed by atoms with Gasteiger partial charge in [0.1, 0.15) is 0 Å². The fourth-order valence-electron chi connectivity index (χ4n) is 2.08. The van der Waals surface area contributed by atoms with Gasteiger partial charge in [-0.3, -0.25) is 9.59 Å². The summed E-state index contributed by atoms with van der Waals surface area (Å²) in [6.45, 7) is 12.9. The maximum Gasteiger partial charge on any atom is 0.222 e. The summed E-state index contributed by atoms with van der Waals surface area (Å²) in [5.41, 5.74) is 0. The van der Waals surface area contributed by atoms with E-state index in [1.54, 1.807) is 0 Å². The molecule has 0 unspecified atom stereocenters. The van der Waals surface area contributed by atoms with Crippen LogP contribution in [0.4, 0.5) is 0 Å². The van der Waals surface area contributed by atoms with Crippen molar-refractivity contribution in [2.75, 3.05) is 26.2 Å². The van der Waals surface area contributed by atoms with Crippen molar-refractivity contribution >= 4 is 11.8 Å². The van der Waals surface area contributed by atoms with Gasteiger partial charge < -0.3 is 9.80 Å². The second kappa shape index (κ2) is 8.95. The first-order valence-corrected chi connectivity index (χ1v) is 7.05. The minimum absolute atomic E-state index is 0.117. The molecular weight excluding hydrogens is 228 g/mol. The van der Waals surface area contributed by atoms with Crippen molar-refractivity contribution in [3.63, 3.8) is 0 Å². The molecule has 0 radical (unpaired) electrons. The summed E-state index contributed by atoms with van der Waals surface area (Å²) < 4.78 is 0. The molecular formula is C14H28N2O2. The molecule has 0 aromatic rings. The Morgan fingerprint density at radius 2 is 1.06 bits per heavy atom. The number of hydrogen-bond donors (Lipinski definition) is 0. The predicted octanol–water partition coefficient (Wildman–Crippen LogP) is 2.14. The van der Waals surface area contributed by atoms with E-state index >= 15 is 0 Å². The summed E-state index contributed by atoms with van der Waals surface area (Å²) in [7, 11) is 0. The average molecular weight is 256 g/mol. The molecule has 0 fully saturated rings. The van der Waals surface area contributed by atoms with Crippen LogP contribution >= 0.6 is 0 Å². The van der Waals surface area contributed by atoms with Crippen molar-refractivity contribution in [3.8, 4) is 0 Å². The molecule has 0 saturated heterocycles. The molecule has 0 spiro atoms. The van der Waals surface area contributed by atoms with E-state index in [4.69, 9.17) is 0 Å². The molecule has 4 heteroatoms. The second-order valence-electron chi connectivity index (χ2n) is 4.65. The van der Waals surface area contributed by atoms with Crippen LogP contribution in [0.2, 0.25) is 0 Å². The van der Waals surface area contributed by atoms with E-state index in [1.165, 1.54) is 0 Å². The summed E-state index contributed by atoms with van der Waals surface area (Å²) in [6.07, 6.45) is 0.934. The van der Waals surface area contributed by atoms with Gasteiger partial charge in [-0.25, -0.2) is 0 Å². The highest BCUT2D eigenvalue weighted by Crippen LogP contribution is 2.12. The molecule has 106 valence electrons. The molecule has 0 heterocycles. The van der Waals surface area contributed by atoms with Crippen LogP contribution in [-0.2, 0) is 9.59 Å². The Morgan fingerprint density at radius 1 is 0.778 bits per heavy atom. The number of carbonyl (C=O) groups is 2. The summed E-state index contributed by atoms with van der Waals surface area (Å²) in [5, 5.41) is 0. The lowest BCUT2D eigenvalue weighted by molar-refractivity contribution is -0.133. The van der Waals surface area contributed by atoms with Crippen LogP contribution in [0.1, 0.15) is 47.5 Å². The predicted molar refractivity (Wildman–Crippen MR) is 74.3 cm³/mol. The average Bonchev–Trinajstić information content (AvgIpc) is 2.31. The molecule has 0 bridgehead atoms. The standard InChI is InChI=1S/C14H28N2O2/c1-6-15(7-2)13(17)10-12(5)11-14(18)16(8-3)9-4/h12H,6-11H2,1-5H3. The summed E-state index contributed by atoms with van der Waals surface area (Å²) in [6, 6.07) is 0. The van der Waals surface area contributed by atoms with Gasteiger partial charge in [0.25, 0.3) is 0 Å². The number of hydrogen-bond acceptors (Lipinski definition) is 2. The van der Waals surface area contributed by atoms with E-state index in [0.29, 0.717) is 12.8 Å². The number of nitrogens with zero attached hydrogens (tertiary/aromatic N) is 2. The quantitative estimate of drug-likeness (QED) is 0.667. The van der Waals surface area contributed by atoms with Gasteiger partial charge in [-0.05, 0) is 33.6 Å². The minimum Gasteiger partial charge on any atom is -0.343 e. The van der Waals surface area contributed by atoms with Gasteiger partial charge in [0.2, 0.25) is 11.8 Å². The highest BCUT2D eigenvalue weighted by molar-refractivity contribution is 5.79. The Morgan fingerprint density at radius 3 is 1.28 bits per heavy atom. The first-order chi connectivity index (χ1) is 8.49. The number of rotatable bonds is 8. The van der Waals surface area contributed by atoms with Crippen LogP contribution in [0.15, 0.2) is 0 Å². The molecule has 0 aromatic heterocycles. The van der Waals surface area contributed by atoms with Crippen molar-refractivity contribution < 1.29 is 9.59 Å². The van der Waals surface area contributed by atoms with Crippen molar-refractivity contribution in [2.45, 2.75) is 47.5 Å². The zero-order chi connectivity index (χ0) is 14.1. The van der Waals surface area contributed by atoms with E-state index in [9.17, 15) is 9.59 Å². The van der Waals surface area contributed by atoms with E-state index in [-0.39, 0.29) is 17.7 Å². The van der Waals surface area contributed by atoms with Gasteiger partial charge in [0, 0.05) is 39.0 Å². The Balaban J connectivity index is 4.22. The minimum atomic E-state index is 0.117. The zero-order valence-electron chi connectivity index (χ0n) is 12.5. The molecule has 2 amide bonds. The lowest BCUT2D eigenvalue weighted by Crippen LogP contribution is -2.34. The topological polar surface area (TPSA) is 40.6 Å². The van der Waals surface area contributed by atoms with Crippen LogP contribution < -0.4 is 0 Å². The molecule has 0 aliphatic rings. The first kappa shape index (κ1) is 16.9. The second-order valence-corrected chi connectivity index (χ2v) is 4.65. The maximum atomic E-state index is 11.9. The Hall–Kier alpha value is -1.06. The van der Waals surface area contributed by atoms with Gasteiger partial charge in [-0.15, -0.1) is 0 Å². The van der Waals surface area contributed by atoms with Crippen LogP contribution in [0.3, 0.4) is 0 Å². The van der Waals surface area contributed by atoms with E-state index in [1.807, 2.05) is 44.4 Å².